The van der Waals surface area contributed by atoms with Crippen LogP contribution in [0.1, 0.15) is 16.2 Å². The second kappa shape index (κ2) is 9.17. The fraction of sp³-hybridized carbons (Fsp3) is 0.130. The molecular weight excluding hydrogens is 410 g/mol. The summed E-state index contributed by atoms with van der Waals surface area (Å²) >= 11 is 0. The third kappa shape index (κ3) is 4.51. The number of rotatable bonds is 7. The van der Waals surface area contributed by atoms with Crippen molar-refractivity contribution in [1.29, 1.82) is 0 Å². The number of amides is 1. The van der Waals surface area contributed by atoms with Crippen molar-refractivity contribution in [2.45, 2.75) is 6.92 Å². The number of nitrogens with one attached hydrogen (secondary N) is 1. The van der Waals surface area contributed by atoms with Crippen LogP contribution in [0, 0.1) is 6.92 Å². The Morgan fingerprint density at radius 1 is 0.938 bits per heavy atom. The fourth-order valence-electron chi connectivity index (χ4n) is 3.02. The molecule has 0 fully saturated rings. The lowest BCUT2D eigenvalue weighted by atomic mass is 10.2. The van der Waals surface area contributed by atoms with Crippen LogP contribution in [0.3, 0.4) is 0 Å². The van der Waals surface area contributed by atoms with Crippen LogP contribution in [0.4, 0.5) is 5.69 Å². The van der Waals surface area contributed by atoms with Crippen LogP contribution in [-0.4, -0.2) is 39.9 Å². The highest BCUT2D eigenvalue weighted by Crippen LogP contribution is 2.28. The number of carbonyl (C=O) groups excluding carboxylic acids is 1. The van der Waals surface area contributed by atoms with Crippen LogP contribution in [0.25, 0.3) is 5.82 Å². The molecule has 0 radical (unpaired) electrons. The zero-order valence-electron chi connectivity index (χ0n) is 17.8. The Balaban J connectivity index is 1.40. The van der Waals surface area contributed by atoms with E-state index >= 15 is 0 Å². The van der Waals surface area contributed by atoms with E-state index < -0.39 is 0 Å². The van der Waals surface area contributed by atoms with Crippen LogP contribution in [0.2, 0.25) is 0 Å². The number of imidazole rings is 1. The number of benzene rings is 2. The van der Waals surface area contributed by atoms with Crippen molar-refractivity contribution < 1.29 is 19.0 Å². The normalized spacial score (nSPS) is 10.5. The lowest BCUT2D eigenvalue weighted by molar-refractivity contribution is 0.102. The van der Waals surface area contributed by atoms with Crippen molar-refractivity contribution in [2.24, 2.45) is 0 Å². The predicted molar refractivity (Wildman–Crippen MR) is 118 cm³/mol. The van der Waals surface area contributed by atoms with Gasteiger partial charge in [-0.2, -0.15) is 0 Å². The molecule has 0 aliphatic heterocycles. The number of nitrogens with zero attached hydrogens (tertiary/aromatic N) is 4. The van der Waals surface area contributed by atoms with Gasteiger partial charge in [-0.05, 0) is 55.5 Å². The highest BCUT2D eigenvalue weighted by atomic mass is 16.5. The van der Waals surface area contributed by atoms with Gasteiger partial charge in [-0.25, -0.2) is 4.98 Å². The first-order valence-corrected chi connectivity index (χ1v) is 9.72. The van der Waals surface area contributed by atoms with E-state index in [2.05, 4.69) is 20.5 Å². The van der Waals surface area contributed by atoms with E-state index in [1.54, 1.807) is 67.9 Å². The van der Waals surface area contributed by atoms with E-state index in [9.17, 15) is 4.79 Å². The van der Waals surface area contributed by atoms with E-state index in [1.165, 1.54) is 7.11 Å². The first kappa shape index (κ1) is 20.9. The second-order valence-electron chi connectivity index (χ2n) is 6.72. The Morgan fingerprint density at radius 3 is 2.34 bits per heavy atom. The molecule has 2 heterocycles. The number of aryl methyl sites for hydroxylation is 1. The molecule has 162 valence electrons. The largest absolute Gasteiger partial charge is 0.493 e. The summed E-state index contributed by atoms with van der Waals surface area (Å²) in [7, 11) is 3.07. The third-order valence-electron chi connectivity index (χ3n) is 4.68. The summed E-state index contributed by atoms with van der Waals surface area (Å²) in [6.45, 7) is 1.89. The molecule has 0 spiro atoms. The summed E-state index contributed by atoms with van der Waals surface area (Å²) in [5.41, 5.74) is 1.07. The van der Waals surface area contributed by atoms with Crippen molar-refractivity contribution in [1.82, 2.24) is 19.7 Å². The Labute approximate surface area is 184 Å². The average Bonchev–Trinajstić information content (AvgIpc) is 3.26. The maximum Gasteiger partial charge on any atom is 0.255 e. The summed E-state index contributed by atoms with van der Waals surface area (Å²) in [5, 5.41) is 11.1. The fourth-order valence-corrected chi connectivity index (χ4v) is 3.02. The summed E-state index contributed by atoms with van der Waals surface area (Å²) in [4.78, 5) is 16.7. The molecule has 0 saturated heterocycles. The smallest absolute Gasteiger partial charge is 0.255 e. The SMILES string of the molecule is COc1ccc(C(=O)Nc2ccc(Oc3ccc(-n4ccnc4C)nn3)cc2)cc1OC. The highest BCUT2D eigenvalue weighted by Gasteiger charge is 2.11. The molecule has 0 aliphatic rings. The minimum absolute atomic E-state index is 0.268. The highest BCUT2D eigenvalue weighted by molar-refractivity contribution is 6.04. The molecule has 0 saturated carbocycles. The van der Waals surface area contributed by atoms with Crippen molar-refractivity contribution >= 4 is 11.6 Å². The molecule has 0 aliphatic carbocycles. The molecule has 0 bridgehead atoms. The molecule has 0 atom stereocenters. The molecule has 0 unspecified atom stereocenters. The maximum absolute atomic E-state index is 12.5. The van der Waals surface area contributed by atoms with Gasteiger partial charge in [0, 0.05) is 29.7 Å². The number of hydrogen-bond donors (Lipinski definition) is 1. The van der Waals surface area contributed by atoms with Gasteiger partial charge in [-0.1, -0.05) is 0 Å². The van der Waals surface area contributed by atoms with Gasteiger partial charge in [0.1, 0.15) is 11.6 Å². The van der Waals surface area contributed by atoms with Gasteiger partial charge >= 0.3 is 0 Å². The monoisotopic (exact) mass is 431 g/mol. The van der Waals surface area contributed by atoms with Crippen molar-refractivity contribution in [2.75, 3.05) is 19.5 Å². The van der Waals surface area contributed by atoms with Crippen LogP contribution in [0.15, 0.2) is 67.0 Å². The van der Waals surface area contributed by atoms with E-state index in [4.69, 9.17) is 14.2 Å². The molecule has 2 aromatic carbocycles. The zero-order chi connectivity index (χ0) is 22.5. The third-order valence-corrected chi connectivity index (χ3v) is 4.68. The lowest BCUT2D eigenvalue weighted by Crippen LogP contribution is -2.12. The van der Waals surface area contributed by atoms with Gasteiger partial charge in [-0.3, -0.25) is 9.36 Å². The molecule has 9 nitrogen and oxygen atoms in total. The zero-order valence-corrected chi connectivity index (χ0v) is 17.8. The average molecular weight is 431 g/mol. The molecule has 9 heteroatoms. The molecular formula is C23H21N5O4. The van der Waals surface area contributed by atoms with Gasteiger partial charge in [0.25, 0.3) is 5.91 Å². The van der Waals surface area contributed by atoms with Crippen LogP contribution >= 0.6 is 0 Å². The number of carbonyl (C=O) groups is 1. The van der Waals surface area contributed by atoms with Gasteiger partial charge in [-0.15, -0.1) is 10.2 Å². The molecule has 4 aromatic rings. The summed E-state index contributed by atoms with van der Waals surface area (Å²) in [5.74, 6) is 3.17. The molecule has 1 N–H and O–H groups in total. The van der Waals surface area contributed by atoms with Gasteiger partial charge < -0.3 is 19.5 Å². The Kier molecular flexibility index (Phi) is 5.98. The van der Waals surface area contributed by atoms with E-state index in [1.807, 2.05) is 17.7 Å². The standard InChI is InChI=1S/C23H21N5O4/c1-15-24-12-13-28(15)21-10-11-22(27-26-21)32-18-7-5-17(6-8-18)25-23(29)16-4-9-19(30-2)20(14-16)31-3/h4-14H,1-3H3,(H,25,29). The van der Waals surface area contributed by atoms with E-state index in [0.717, 1.165) is 5.82 Å². The number of methoxy groups -OCH3 is 2. The van der Waals surface area contributed by atoms with Gasteiger partial charge in [0.05, 0.1) is 14.2 Å². The minimum Gasteiger partial charge on any atom is -0.493 e. The van der Waals surface area contributed by atoms with Crippen LogP contribution in [0.5, 0.6) is 23.1 Å². The molecule has 2 aromatic heterocycles. The second-order valence-corrected chi connectivity index (χ2v) is 6.72. The van der Waals surface area contributed by atoms with Gasteiger partial charge in [0.15, 0.2) is 17.3 Å². The van der Waals surface area contributed by atoms with Gasteiger partial charge in [0.2, 0.25) is 5.88 Å². The van der Waals surface area contributed by atoms with Crippen LogP contribution < -0.4 is 19.5 Å². The Bertz CT molecular complexity index is 1220. The van der Waals surface area contributed by atoms with Crippen molar-refractivity contribution in [3.8, 4) is 28.9 Å². The quantitative estimate of drug-likeness (QED) is 0.471. The molecule has 32 heavy (non-hydrogen) atoms. The van der Waals surface area contributed by atoms with E-state index in [-0.39, 0.29) is 5.91 Å². The molecule has 4 rings (SSSR count). The van der Waals surface area contributed by atoms with Crippen molar-refractivity contribution in [3.63, 3.8) is 0 Å². The number of anilines is 1. The predicted octanol–water partition coefficient (Wildman–Crippen LogP) is 4.03. The Morgan fingerprint density at radius 2 is 1.72 bits per heavy atom. The number of hydrogen-bond acceptors (Lipinski definition) is 7. The topological polar surface area (TPSA) is 100 Å². The van der Waals surface area contributed by atoms with Crippen LogP contribution in [-0.2, 0) is 0 Å². The number of aromatic nitrogens is 4. The molecule has 1 amide bonds. The summed E-state index contributed by atoms with van der Waals surface area (Å²) in [6, 6.07) is 15.5. The maximum atomic E-state index is 12.5. The first-order valence-electron chi connectivity index (χ1n) is 9.72. The van der Waals surface area contributed by atoms with Crippen molar-refractivity contribution in [3.05, 3.63) is 78.4 Å². The number of ether oxygens (including phenoxy) is 3. The summed E-state index contributed by atoms with van der Waals surface area (Å²) in [6.07, 6.45) is 3.52. The lowest BCUT2D eigenvalue weighted by Gasteiger charge is -2.10. The minimum atomic E-state index is -0.268. The first-order chi connectivity index (χ1) is 15.6. The Hall–Kier alpha value is -4.40. The van der Waals surface area contributed by atoms with E-state index in [0.29, 0.717) is 40.2 Å². The summed E-state index contributed by atoms with van der Waals surface area (Å²) < 4.78 is 18.0.